The summed E-state index contributed by atoms with van der Waals surface area (Å²) in [5, 5.41) is 12.2. The normalized spacial score (nSPS) is 16.7. The van der Waals surface area contributed by atoms with Crippen molar-refractivity contribution in [1.82, 2.24) is 10.3 Å². The lowest BCUT2D eigenvalue weighted by atomic mass is 9.92. The van der Waals surface area contributed by atoms with E-state index in [2.05, 4.69) is 10.3 Å². The molecule has 2 N–H and O–H groups in total. The molecule has 1 aliphatic heterocycles. The van der Waals surface area contributed by atoms with Gasteiger partial charge < -0.3 is 19.3 Å². The molecule has 1 aliphatic rings. The monoisotopic (exact) mass is 350 g/mol. The van der Waals surface area contributed by atoms with E-state index in [0.717, 1.165) is 11.5 Å². The van der Waals surface area contributed by atoms with Crippen LogP contribution in [0, 0.1) is 6.92 Å². The molecule has 2 aromatic rings. The van der Waals surface area contributed by atoms with Gasteiger partial charge in [0.15, 0.2) is 5.76 Å². The Kier molecular flexibility index (Phi) is 4.66. The van der Waals surface area contributed by atoms with Crippen molar-refractivity contribution in [1.29, 1.82) is 0 Å². The summed E-state index contributed by atoms with van der Waals surface area (Å²) in [6.07, 6.45) is 2.33. The number of hydrogen-bond donors (Lipinski definition) is 2. The third-order valence-electron chi connectivity index (χ3n) is 4.09. The molecular weight excluding hydrogens is 332 g/mol. The Bertz CT molecular complexity index is 732. The van der Waals surface area contributed by atoms with E-state index in [4.69, 9.17) is 8.83 Å². The van der Waals surface area contributed by atoms with Crippen LogP contribution in [0.1, 0.15) is 24.3 Å². The van der Waals surface area contributed by atoms with Gasteiger partial charge in [0.25, 0.3) is 5.89 Å². The fourth-order valence-corrected chi connectivity index (χ4v) is 3.86. The average molecular weight is 350 g/mol. The molecule has 0 radical (unpaired) electrons. The van der Waals surface area contributed by atoms with Gasteiger partial charge in [0.05, 0.1) is 18.4 Å². The molecule has 1 amide bonds. The second kappa shape index (κ2) is 6.72. The first kappa shape index (κ1) is 16.6. The number of carboxylic acids is 1. The first-order valence-corrected chi connectivity index (χ1v) is 8.78. The second-order valence-electron chi connectivity index (χ2n) is 5.72. The number of hydrogen-bond acceptors (Lipinski definition) is 6. The number of nitrogens with zero attached hydrogens (tertiary/aromatic N) is 1. The van der Waals surface area contributed by atoms with Crippen molar-refractivity contribution in [2.75, 3.05) is 11.5 Å². The predicted molar refractivity (Wildman–Crippen MR) is 87.7 cm³/mol. The average Bonchev–Trinajstić information content (AvgIpc) is 3.18. The lowest BCUT2D eigenvalue weighted by Crippen LogP contribution is -2.56. The van der Waals surface area contributed by atoms with Crippen LogP contribution in [0.4, 0.5) is 0 Å². The second-order valence-corrected chi connectivity index (χ2v) is 6.95. The quantitative estimate of drug-likeness (QED) is 0.852. The Hall–Kier alpha value is -2.22. The molecule has 7 nitrogen and oxygen atoms in total. The summed E-state index contributed by atoms with van der Waals surface area (Å²) >= 11 is 1.70. The number of nitrogens with one attached hydrogen (secondary N) is 1. The van der Waals surface area contributed by atoms with Gasteiger partial charge in [0, 0.05) is 0 Å². The summed E-state index contributed by atoms with van der Waals surface area (Å²) in [5.74, 6) is 1.39. The summed E-state index contributed by atoms with van der Waals surface area (Å²) in [7, 11) is 0. The highest BCUT2D eigenvalue weighted by Crippen LogP contribution is 2.28. The van der Waals surface area contributed by atoms with Crippen LogP contribution in [0.2, 0.25) is 0 Å². The molecule has 0 atom stereocenters. The van der Waals surface area contributed by atoms with Crippen molar-refractivity contribution < 1.29 is 23.5 Å². The molecule has 0 saturated carbocycles. The summed E-state index contributed by atoms with van der Waals surface area (Å²) in [6.45, 7) is 1.71. The van der Waals surface area contributed by atoms with E-state index in [0.29, 0.717) is 35.9 Å². The van der Waals surface area contributed by atoms with E-state index < -0.39 is 11.5 Å². The minimum absolute atomic E-state index is 0.0295. The number of carboxylic acid groups (broad SMARTS) is 1. The molecule has 128 valence electrons. The molecule has 0 bridgehead atoms. The van der Waals surface area contributed by atoms with E-state index in [1.807, 2.05) is 0 Å². The molecular formula is C16H18N2O5S. The lowest BCUT2D eigenvalue weighted by Gasteiger charge is -2.33. The number of carbonyl (C=O) groups is 2. The summed E-state index contributed by atoms with van der Waals surface area (Å²) < 4.78 is 10.7. The maximum Gasteiger partial charge on any atom is 0.329 e. The zero-order valence-electron chi connectivity index (χ0n) is 13.2. The van der Waals surface area contributed by atoms with Crippen molar-refractivity contribution in [3.8, 4) is 11.7 Å². The number of oxazole rings is 1. The Labute approximate surface area is 142 Å². The van der Waals surface area contributed by atoms with Gasteiger partial charge in [0.1, 0.15) is 11.3 Å². The van der Waals surface area contributed by atoms with Gasteiger partial charge >= 0.3 is 5.97 Å². The van der Waals surface area contributed by atoms with Crippen LogP contribution < -0.4 is 5.32 Å². The predicted octanol–water partition coefficient (Wildman–Crippen LogP) is 2.25. The number of carbonyl (C=O) groups excluding carboxylic acids is 1. The van der Waals surface area contributed by atoms with Crippen molar-refractivity contribution in [2.45, 2.75) is 31.7 Å². The highest BCUT2D eigenvalue weighted by molar-refractivity contribution is 7.99. The smallest absolute Gasteiger partial charge is 0.329 e. The molecule has 24 heavy (non-hydrogen) atoms. The van der Waals surface area contributed by atoms with E-state index in [1.165, 1.54) is 6.26 Å². The molecule has 0 aliphatic carbocycles. The Morgan fingerprint density at radius 2 is 2.17 bits per heavy atom. The Morgan fingerprint density at radius 1 is 1.42 bits per heavy atom. The number of aliphatic carboxylic acids is 1. The van der Waals surface area contributed by atoms with Crippen molar-refractivity contribution in [2.24, 2.45) is 0 Å². The zero-order chi connectivity index (χ0) is 17.2. The fraction of sp³-hybridized carbons (Fsp3) is 0.438. The molecule has 2 aromatic heterocycles. The molecule has 0 spiro atoms. The molecule has 1 fully saturated rings. The molecule has 3 heterocycles. The van der Waals surface area contributed by atoms with Crippen LogP contribution in [0.25, 0.3) is 11.7 Å². The highest BCUT2D eigenvalue weighted by atomic mass is 32.2. The van der Waals surface area contributed by atoms with Crippen LogP contribution in [0.15, 0.2) is 27.2 Å². The fourth-order valence-electron chi connectivity index (χ4n) is 2.67. The molecule has 0 aromatic carbocycles. The first-order chi connectivity index (χ1) is 11.5. The van der Waals surface area contributed by atoms with E-state index >= 15 is 0 Å². The number of rotatable bonds is 5. The molecule has 8 heteroatoms. The number of furan rings is 1. The van der Waals surface area contributed by atoms with Gasteiger partial charge in [0.2, 0.25) is 5.91 Å². The maximum atomic E-state index is 12.4. The number of amides is 1. The third kappa shape index (κ3) is 3.33. The van der Waals surface area contributed by atoms with Gasteiger partial charge in [-0.2, -0.15) is 11.8 Å². The highest BCUT2D eigenvalue weighted by Gasteiger charge is 2.41. The number of aryl methyl sites for hydroxylation is 1. The van der Waals surface area contributed by atoms with Gasteiger partial charge in [-0.1, -0.05) is 0 Å². The first-order valence-electron chi connectivity index (χ1n) is 7.62. The van der Waals surface area contributed by atoms with Gasteiger partial charge in [-0.05, 0) is 43.4 Å². The van der Waals surface area contributed by atoms with Crippen molar-refractivity contribution in [3.05, 3.63) is 29.9 Å². The Balaban J connectivity index is 1.71. The van der Waals surface area contributed by atoms with Gasteiger partial charge in [-0.15, -0.1) is 0 Å². The molecule has 0 unspecified atom stereocenters. The third-order valence-corrected chi connectivity index (χ3v) is 5.07. The summed E-state index contributed by atoms with van der Waals surface area (Å²) in [6, 6.07) is 3.44. The van der Waals surface area contributed by atoms with Crippen molar-refractivity contribution in [3.63, 3.8) is 0 Å². The molecule has 1 saturated heterocycles. The largest absolute Gasteiger partial charge is 0.480 e. The maximum absolute atomic E-state index is 12.4. The molecule has 3 rings (SSSR count). The minimum atomic E-state index is -1.18. The SMILES string of the molecule is Cc1oc(-c2ccco2)nc1CC(=O)NC1(C(=O)O)CCSCC1. The van der Waals surface area contributed by atoms with Crippen molar-refractivity contribution >= 4 is 23.6 Å². The number of aromatic nitrogens is 1. The minimum Gasteiger partial charge on any atom is -0.480 e. The van der Waals surface area contributed by atoms with Gasteiger partial charge in [-0.3, -0.25) is 4.79 Å². The topological polar surface area (TPSA) is 106 Å². The Morgan fingerprint density at radius 3 is 2.79 bits per heavy atom. The van der Waals surface area contributed by atoms with E-state index in [9.17, 15) is 14.7 Å². The van der Waals surface area contributed by atoms with Crippen LogP contribution in [-0.4, -0.2) is 39.0 Å². The van der Waals surface area contributed by atoms with Crippen LogP contribution >= 0.6 is 11.8 Å². The van der Waals surface area contributed by atoms with E-state index in [-0.39, 0.29) is 12.3 Å². The standard InChI is InChI=1S/C16H18N2O5S/c1-10-11(17-14(23-10)12-3-2-6-22-12)9-13(19)18-16(15(20)21)4-7-24-8-5-16/h2-3,6H,4-5,7-9H2,1H3,(H,18,19)(H,20,21). The van der Waals surface area contributed by atoms with E-state index in [1.54, 1.807) is 30.8 Å². The zero-order valence-corrected chi connectivity index (χ0v) is 14.0. The van der Waals surface area contributed by atoms with Crippen LogP contribution in [0.5, 0.6) is 0 Å². The van der Waals surface area contributed by atoms with Crippen LogP contribution in [0.3, 0.4) is 0 Å². The number of thioether (sulfide) groups is 1. The summed E-state index contributed by atoms with van der Waals surface area (Å²) in [5.41, 5.74) is -0.700. The summed E-state index contributed by atoms with van der Waals surface area (Å²) in [4.78, 5) is 28.3. The van der Waals surface area contributed by atoms with Gasteiger partial charge in [-0.25, -0.2) is 9.78 Å². The van der Waals surface area contributed by atoms with Crippen LogP contribution in [-0.2, 0) is 16.0 Å². The lowest BCUT2D eigenvalue weighted by molar-refractivity contribution is -0.148.